The summed E-state index contributed by atoms with van der Waals surface area (Å²) in [5.74, 6) is 0.721. The van der Waals surface area contributed by atoms with Crippen LogP contribution in [-0.2, 0) is 4.79 Å². The van der Waals surface area contributed by atoms with E-state index in [1.165, 1.54) is 12.4 Å². The van der Waals surface area contributed by atoms with E-state index < -0.39 is 0 Å². The molecule has 0 unspecified atom stereocenters. The van der Waals surface area contributed by atoms with Crippen molar-refractivity contribution in [3.05, 3.63) is 29.3 Å². The van der Waals surface area contributed by atoms with Gasteiger partial charge in [-0.1, -0.05) is 17.7 Å². The standard InChI is InChI=1S/C14H16ClN5O/c1-4-8(2)19-13(16-3)9-5-10(9)14(21)20-12-6-11(15)17-7-18-12/h4,6-7,9-10H,3,5H2,1-2H3,(H,17,18,20,21)/b8-4-,19-13?/t9-,10-/m0/s1. The van der Waals surface area contributed by atoms with E-state index in [0.717, 1.165) is 5.70 Å². The van der Waals surface area contributed by atoms with Crippen LogP contribution in [0.5, 0.6) is 0 Å². The molecule has 0 bridgehead atoms. The molecule has 2 rings (SSSR count). The second-order valence-electron chi connectivity index (χ2n) is 4.72. The molecule has 0 aliphatic heterocycles. The topological polar surface area (TPSA) is 79.6 Å². The average molecular weight is 306 g/mol. The molecule has 110 valence electrons. The second kappa shape index (κ2) is 6.58. The molecule has 0 saturated heterocycles. The lowest BCUT2D eigenvalue weighted by Gasteiger charge is -2.04. The van der Waals surface area contributed by atoms with Crippen LogP contribution in [-0.4, -0.2) is 28.4 Å². The maximum Gasteiger partial charge on any atom is 0.229 e. The Hall–Kier alpha value is -2.08. The van der Waals surface area contributed by atoms with Gasteiger partial charge in [0.25, 0.3) is 0 Å². The molecule has 1 aliphatic rings. The first-order valence-electron chi connectivity index (χ1n) is 6.51. The first-order valence-corrected chi connectivity index (χ1v) is 6.89. The number of anilines is 1. The van der Waals surface area contributed by atoms with Crippen molar-refractivity contribution in [3.63, 3.8) is 0 Å². The number of carbonyl (C=O) groups excluding carboxylic acids is 1. The maximum absolute atomic E-state index is 12.1. The number of carbonyl (C=O) groups is 1. The van der Waals surface area contributed by atoms with Crippen molar-refractivity contribution < 1.29 is 4.79 Å². The molecule has 1 aromatic rings. The van der Waals surface area contributed by atoms with E-state index in [9.17, 15) is 4.79 Å². The van der Waals surface area contributed by atoms with Gasteiger partial charge in [-0.05, 0) is 27.0 Å². The average Bonchev–Trinajstić information content (AvgIpc) is 3.25. The first-order chi connectivity index (χ1) is 10.0. The minimum absolute atomic E-state index is 0.00899. The van der Waals surface area contributed by atoms with Crippen LogP contribution in [0.4, 0.5) is 5.82 Å². The molecule has 0 radical (unpaired) electrons. The van der Waals surface area contributed by atoms with Crippen LogP contribution in [0.2, 0.25) is 5.15 Å². The van der Waals surface area contributed by atoms with Gasteiger partial charge in [0.1, 0.15) is 23.1 Å². The van der Waals surface area contributed by atoms with Crippen molar-refractivity contribution in [2.75, 3.05) is 5.32 Å². The lowest BCUT2D eigenvalue weighted by molar-refractivity contribution is -0.117. The zero-order valence-corrected chi connectivity index (χ0v) is 12.6. The summed E-state index contributed by atoms with van der Waals surface area (Å²) in [7, 11) is 0. The zero-order valence-electron chi connectivity index (χ0n) is 11.9. The lowest BCUT2D eigenvalue weighted by Crippen LogP contribution is -2.17. The Kier molecular flexibility index (Phi) is 4.80. The van der Waals surface area contributed by atoms with E-state index in [4.69, 9.17) is 11.6 Å². The highest BCUT2D eigenvalue weighted by Crippen LogP contribution is 2.41. The second-order valence-corrected chi connectivity index (χ2v) is 5.11. The molecule has 1 saturated carbocycles. The van der Waals surface area contributed by atoms with Crippen LogP contribution >= 0.6 is 11.6 Å². The Morgan fingerprint density at radius 1 is 1.52 bits per heavy atom. The van der Waals surface area contributed by atoms with Crippen molar-refractivity contribution in [3.8, 4) is 0 Å². The predicted molar refractivity (Wildman–Crippen MR) is 83.7 cm³/mol. The minimum Gasteiger partial charge on any atom is -0.310 e. The summed E-state index contributed by atoms with van der Waals surface area (Å²) in [5, 5.41) is 3.00. The number of aromatic nitrogens is 2. The van der Waals surface area contributed by atoms with Crippen LogP contribution in [0.25, 0.3) is 0 Å². The van der Waals surface area contributed by atoms with E-state index >= 15 is 0 Å². The van der Waals surface area contributed by atoms with Crippen molar-refractivity contribution in [2.45, 2.75) is 20.3 Å². The smallest absolute Gasteiger partial charge is 0.229 e. The van der Waals surface area contributed by atoms with E-state index in [1.807, 2.05) is 19.9 Å². The number of nitrogens with one attached hydrogen (secondary N) is 1. The SMILES string of the molecule is C=NC(=N/C(C)=C\C)[C@H]1C[C@@H]1C(=O)Nc1cc(Cl)ncn1. The minimum atomic E-state index is -0.160. The highest BCUT2D eigenvalue weighted by molar-refractivity contribution is 6.29. The molecule has 21 heavy (non-hydrogen) atoms. The number of hydrogen-bond acceptors (Lipinski definition) is 4. The van der Waals surface area contributed by atoms with Crippen molar-refractivity contribution in [1.82, 2.24) is 9.97 Å². The molecule has 1 aliphatic carbocycles. The van der Waals surface area contributed by atoms with Crippen LogP contribution in [0, 0.1) is 11.8 Å². The molecule has 1 heterocycles. The van der Waals surface area contributed by atoms with Gasteiger partial charge in [-0.3, -0.25) is 4.79 Å². The third-order valence-corrected chi connectivity index (χ3v) is 3.42. The third-order valence-electron chi connectivity index (χ3n) is 3.21. The first kappa shape index (κ1) is 15.3. The molecule has 7 heteroatoms. The summed E-state index contributed by atoms with van der Waals surface area (Å²) >= 11 is 5.75. The number of nitrogens with zero attached hydrogens (tertiary/aromatic N) is 4. The fraction of sp³-hybridized carbons (Fsp3) is 0.357. The summed E-state index contributed by atoms with van der Waals surface area (Å²) < 4.78 is 0. The van der Waals surface area contributed by atoms with Crippen molar-refractivity contribution in [1.29, 1.82) is 0 Å². The van der Waals surface area contributed by atoms with Gasteiger partial charge in [-0.2, -0.15) is 0 Å². The number of rotatable bonds is 4. The Bertz CT molecular complexity index is 626. The highest BCUT2D eigenvalue weighted by atomic mass is 35.5. The molecule has 1 fully saturated rings. The van der Waals surface area contributed by atoms with Gasteiger partial charge in [-0.15, -0.1) is 0 Å². The summed E-state index contributed by atoms with van der Waals surface area (Å²) in [6, 6.07) is 1.50. The quantitative estimate of drug-likeness (QED) is 0.527. The zero-order chi connectivity index (χ0) is 15.4. The normalized spacial score (nSPS) is 21.9. The number of amides is 1. The van der Waals surface area contributed by atoms with Crippen LogP contribution < -0.4 is 5.32 Å². The molecule has 1 aromatic heterocycles. The molecule has 0 spiro atoms. The van der Waals surface area contributed by atoms with Gasteiger partial charge < -0.3 is 5.32 Å². The van der Waals surface area contributed by atoms with E-state index in [-0.39, 0.29) is 22.9 Å². The number of amidine groups is 1. The van der Waals surface area contributed by atoms with Gasteiger partial charge in [-0.25, -0.2) is 20.0 Å². The molecule has 1 N–H and O–H groups in total. The van der Waals surface area contributed by atoms with Crippen molar-refractivity contribution in [2.24, 2.45) is 21.8 Å². The van der Waals surface area contributed by atoms with Gasteiger partial charge in [0.15, 0.2) is 0 Å². The molecule has 6 nitrogen and oxygen atoms in total. The van der Waals surface area contributed by atoms with E-state index in [0.29, 0.717) is 18.1 Å². The van der Waals surface area contributed by atoms with Crippen LogP contribution in [0.1, 0.15) is 20.3 Å². The number of hydrogen-bond donors (Lipinski definition) is 1. The van der Waals surface area contributed by atoms with Gasteiger partial charge in [0, 0.05) is 23.6 Å². The van der Waals surface area contributed by atoms with Gasteiger partial charge >= 0.3 is 0 Å². The Morgan fingerprint density at radius 3 is 2.90 bits per heavy atom. The Balaban J connectivity index is 2.00. The van der Waals surface area contributed by atoms with E-state index in [1.54, 1.807) is 0 Å². The number of aliphatic imine (C=N–C) groups is 2. The van der Waals surface area contributed by atoms with E-state index in [2.05, 4.69) is 32.0 Å². The van der Waals surface area contributed by atoms with Gasteiger partial charge in [0.05, 0.1) is 0 Å². The fourth-order valence-electron chi connectivity index (χ4n) is 1.87. The monoisotopic (exact) mass is 305 g/mol. The molecule has 1 amide bonds. The van der Waals surface area contributed by atoms with Crippen LogP contribution in [0.15, 0.2) is 34.2 Å². The Morgan fingerprint density at radius 2 is 2.29 bits per heavy atom. The Labute approximate surface area is 128 Å². The van der Waals surface area contributed by atoms with Crippen LogP contribution in [0.3, 0.4) is 0 Å². The molecular formula is C14H16ClN5O. The van der Waals surface area contributed by atoms with Gasteiger partial charge in [0.2, 0.25) is 5.91 Å². The summed E-state index contributed by atoms with van der Waals surface area (Å²) in [6.45, 7) is 7.30. The lowest BCUT2D eigenvalue weighted by atomic mass is 10.2. The molecule has 0 aromatic carbocycles. The molecular weight excluding hydrogens is 290 g/mol. The predicted octanol–water partition coefficient (Wildman–Crippen LogP) is 2.73. The largest absolute Gasteiger partial charge is 0.310 e. The van der Waals surface area contributed by atoms with Crippen molar-refractivity contribution >= 4 is 35.9 Å². The maximum atomic E-state index is 12.1. The number of halogens is 1. The summed E-state index contributed by atoms with van der Waals surface area (Å²) in [6.07, 6.45) is 3.89. The molecule has 2 atom stereocenters. The third kappa shape index (κ3) is 3.95. The summed E-state index contributed by atoms with van der Waals surface area (Å²) in [4.78, 5) is 28.1. The summed E-state index contributed by atoms with van der Waals surface area (Å²) in [5.41, 5.74) is 0.853. The highest BCUT2D eigenvalue weighted by Gasteiger charge is 2.46. The number of allylic oxidation sites excluding steroid dienone is 2. The fourth-order valence-corrected chi connectivity index (χ4v) is 2.02.